The van der Waals surface area contributed by atoms with E-state index in [-0.39, 0.29) is 0 Å². The summed E-state index contributed by atoms with van der Waals surface area (Å²) >= 11 is 6.11. The number of hydrogen-bond acceptors (Lipinski definition) is 2. The monoisotopic (exact) mass is 267 g/mol. The van der Waals surface area contributed by atoms with E-state index in [1.54, 1.807) is 7.11 Å². The van der Waals surface area contributed by atoms with Crippen molar-refractivity contribution < 1.29 is 4.74 Å². The van der Waals surface area contributed by atoms with Crippen molar-refractivity contribution in [3.05, 3.63) is 28.8 Å². The number of methoxy groups -OCH3 is 1. The van der Waals surface area contributed by atoms with Crippen LogP contribution in [0.25, 0.3) is 0 Å². The maximum Gasteiger partial charge on any atom is 0.137 e. The van der Waals surface area contributed by atoms with Gasteiger partial charge in [-0.2, -0.15) is 0 Å². The zero-order valence-corrected chi connectivity index (χ0v) is 11.8. The molecule has 1 aliphatic carbocycles. The van der Waals surface area contributed by atoms with Crippen LogP contribution in [0.5, 0.6) is 5.75 Å². The van der Waals surface area contributed by atoms with E-state index in [2.05, 4.69) is 11.4 Å². The van der Waals surface area contributed by atoms with Crippen LogP contribution in [0.1, 0.15) is 37.7 Å². The summed E-state index contributed by atoms with van der Waals surface area (Å²) in [6.07, 6.45) is 7.74. The van der Waals surface area contributed by atoms with Crippen LogP contribution >= 0.6 is 11.6 Å². The van der Waals surface area contributed by atoms with Crippen LogP contribution in [0.15, 0.2) is 18.2 Å². The Bertz CT molecular complexity index is 375. The highest BCUT2D eigenvalue weighted by Crippen LogP contribution is 2.25. The Morgan fingerprint density at radius 2 is 2.11 bits per heavy atom. The number of benzene rings is 1. The number of halogens is 1. The fourth-order valence-corrected chi connectivity index (χ4v) is 2.87. The van der Waals surface area contributed by atoms with Crippen LogP contribution in [0.3, 0.4) is 0 Å². The Balaban J connectivity index is 1.71. The molecule has 18 heavy (non-hydrogen) atoms. The summed E-state index contributed by atoms with van der Waals surface area (Å²) in [5.74, 6) is 0.754. The SMILES string of the molecule is COc1ccc(CCCNC2CCCC2)cc1Cl. The Labute approximate surface area is 115 Å². The predicted molar refractivity (Wildman–Crippen MR) is 76.6 cm³/mol. The zero-order chi connectivity index (χ0) is 12.8. The molecule has 0 aliphatic heterocycles. The first-order chi connectivity index (χ1) is 8.79. The summed E-state index contributed by atoms with van der Waals surface area (Å²) in [6, 6.07) is 6.82. The first-order valence-corrected chi connectivity index (χ1v) is 7.23. The number of ether oxygens (including phenoxy) is 1. The second-order valence-corrected chi connectivity index (χ2v) is 5.42. The standard InChI is InChI=1S/C15H22ClNO/c1-18-15-9-8-12(11-14(15)16)5-4-10-17-13-6-2-3-7-13/h8-9,11,13,17H,2-7,10H2,1H3. The molecule has 3 heteroatoms. The molecule has 100 valence electrons. The second-order valence-electron chi connectivity index (χ2n) is 5.01. The van der Waals surface area contributed by atoms with Crippen molar-refractivity contribution in [1.82, 2.24) is 5.32 Å². The fourth-order valence-electron chi connectivity index (χ4n) is 2.59. The van der Waals surface area contributed by atoms with Crippen molar-refractivity contribution in [3.63, 3.8) is 0 Å². The number of nitrogens with one attached hydrogen (secondary N) is 1. The second kappa shape index (κ2) is 7.01. The molecular formula is C15H22ClNO. The van der Waals surface area contributed by atoms with Crippen LogP contribution in [-0.4, -0.2) is 19.7 Å². The van der Waals surface area contributed by atoms with Crippen molar-refractivity contribution >= 4 is 11.6 Å². The Morgan fingerprint density at radius 3 is 2.78 bits per heavy atom. The summed E-state index contributed by atoms with van der Waals surface area (Å²) in [5.41, 5.74) is 1.29. The summed E-state index contributed by atoms with van der Waals surface area (Å²) in [7, 11) is 1.65. The Kier molecular flexibility index (Phi) is 5.33. The number of aryl methyl sites for hydroxylation is 1. The van der Waals surface area contributed by atoms with Crippen LogP contribution in [0.4, 0.5) is 0 Å². The third-order valence-corrected chi connectivity index (χ3v) is 3.94. The molecule has 1 aliphatic rings. The average molecular weight is 268 g/mol. The average Bonchev–Trinajstić information content (AvgIpc) is 2.88. The van der Waals surface area contributed by atoms with Crippen molar-refractivity contribution in [2.45, 2.75) is 44.6 Å². The maximum atomic E-state index is 6.11. The molecule has 1 N–H and O–H groups in total. The van der Waals surface area contributed by atoms with E-state index >= 15 is 0 Å². The van der Waals surface area contributed by atoms with Crippen LogP contribution in [0.2, 0.25) is 5.02 Å². The quantitative estimate of drug-likeness (QED) is 0.792. The van der Waals surface area contributed by atoms with E-state index in [1.807, 2.05) is 12.1 Å². The topological polar surface area (TPSA) is 21.3 Å². The molecule has 0 bridgehead atoms. The summed E-state index contributed by atoms with van der Waals surface area (Å²) in [4.78, 5) is 0. The van der Waals surface area contributed by atoms with Crippen molar-refractivity contribution in [3.8, 4) is 5.75 Å². The van der Waals surface area contributed by atoms with Gasteiger partial charge >= 0.3 is 0 Å². The van der Waals surface area contributed by atoms with E-state index in [4.69, 9.17) is 16.3 Å². The molecule has 0 radical (unpaired) electrons. The van der Waals surface area contributed by atoms with E-state index in [1.165, 1.54) is 37.7 Å². The van der Waals surface area contributed by atoms with Gasteiger partial charge in [0.15, 0.2) is 0 Å². The van der Waals surface area contributed by atoms with E-state index in [0.29, 0.717) is 5.02 Å². The first kappa shape index (κ1) is 13.7. The zero-order valence-electron chi connectivity index (χ0n) is 11.0. The highest BCUT2D eigenvalue weighted by Gasteiger charge is 2.13. The van der Waals surface area contributed by atoms with Gasteiger partial charge in [-0.1, -0.05) is 30.5 Å². The minimum Gasteiger partial charge on any atom is -0.495 e. The molecule has 2 nitrogen and oxygen atoms in total. The summed E-state index contributed by atoms with van der Waals surface area (Å²) in [6.45, 7) is 1.11. The molecule has 0 unspecified atom stereocenters. The molecule has 1 saturated carbocycles. The van der Waals surface area contributed by atoms with Gasteiger partial charge < -0.3 is 10.1 Å². The largest absolute Gasteiger partial charge is 0.495 e. The minimum atomic E-state index is 0.707. The van der Waals surface area contributed by atoms with Gasteiger partial charge in [-0.05, 0) is 49.9 Å². The molecule has 0 saturated heterocycles. The highest BCUT2D eigenvalue weighted by atomic mass is 35.5. The van der Waals surface area contributed by atoms with Gasteiger partial charge in [-0.3, -0.25) is 0 Å². The van der Waals surface area contributed by atoms with E-state index in [0.717, 1.165) is 24.8 Å². The normalized spacial score (nSPS) is 16.1. The van der Waals surface area contributed by atoms with Crippen LogP contribution in [-0.2, 0) is 6.42 Å². The van der Waals surface area contributed by atoms with Gasteiger partial charge in [-0.25, -0.2) is 0 Å². The fraction of sp³-hybridized carbons (Fsp3) is 0.600. The highest BCUT2D eigenvalue weighted by molar-refractivity contribution is 6.32. The molecule has 2 rings (SSSR count). The molecule has 0 heterocycles. The van der Waals surface area contributed by atoms with Gasteiger partial charge in [0.05, 0.1) is 12.1 Å². The predicted octanol–water partition coefficient (Wildman–Crippen LogP) is 3.81. The molecule has 0 amide bonds. The van der Waals surface area contributed by atoms with Gasteiger partial charge in [0.1, 0.15) is 5.75 Å². The molecule has 1 aromatic rings. The lowest BCUT2D eigenvalue weighted by Crippen LogP contribution is -2.27. The van der Waals surface area contributed by atoms with E-state index in [9.17, 15) is 0 Å². The lowest BCUT2D eigenvalue weighted by molar-refractivity contribution is 0.415. The third-order valence-electron chi connectivity index (χ3n) is 3.65. The van der Waals surface area contributed by atoms with Gasteiger partial charge in [0.2, 0.25) is 0 Å². The Morgan fingerprint density at radius 1 is 1.33 bits per heavy atom. The van der Waals surface area contributed by atoms with Gasteiger partial charge in [0, 0.05) is 6.04 Å². The van der Waals surface area contributed by atoms with Gasteiger partial charge in [-0.15, -0.1) is 0 Å². The number of hydrogen-bond donors (Lipinski definition) is 1. The molecule has 1 aromatic carbocycles. The molecule has 0 atom stereocenters. The number of rotatable bonds is 6. The summed E-state index contributed by atoms with van der Waals surface area (Å²) in [5, 5.41) is 4.34. The molecular weight excluding hydrogens is 246 g/mol. The molecule has 0 aromatic heterocycles. The Hall–Kier alpha value is -0.730. The third kappa shape index (κ3) is 3.89. The van der Waals surface area contributed by atoms with Crippen LogP contribution in [0, 0.1) is 0 Å². The lowest BCUT2D eigenvalue weighted by Gasteiger charge is -2.11. The van der Waals surface area contributed by atoms with Crippen molar-refractivity contribution in [2.24, 2.45) is 0 Å². The van der Waals surface area contributed by atoms with Crippen LogP contribution < -0.4 is 10.1 Å². The summed E-state index contributed by atoms with van der Waals surface area (Å²) < 4.78 is 5.15. The first-order valence-electron chi connectivity index (χ1n) is 6.85. The van der Waals surface area contributed by atoms with Gasteiger partial charge in [0.25, 0.3) is 0 Å². The lowest BCUT2D eigenvalue weighted by atomic mass is 10.1. The smallest absolute Gasteiger partial charge is 0.137 e. The maximum absolute atomic E-state index is 6.11. The van der Waals surface area contributed by atoms with Crippen molar-refractivity contribution in [1.29, 1.82) is 0 Å². The minimum absolute atomic E-state index is 0.707. The molecule has 1 fully saturated rings. The molecule has 0 spiro atoms. The van der Waals surface area contributed by atoms with Crippen molar-refractivity contribution in [2.75, 3.05) is 13.7 Å². The van der Waals surface area contributed by atoms with E-state index < -0.39 is 0 Å².